The van der Waals surface area contributed by atoms with Crippen molar-refractivity contribution < 1.29 is 0 Å². The molecule has 1 aromatic carbocycles. The minimum Gasteiger partial charge on any atom is -0.363 e. The molecule has 1 aromatic heterocycles. The molecule has 1 N–H and O–H groups in total. The monoisotopic (exact) mass is 262 g/mol. The van der Waals surface area contributed by atoms with Crippen molar-refractivity contribution >= 4 is 28.9 Å². The predicted octanol–water partition coefficient (Wildman–Crippen LogP) is 3.25. The highest BCUT2D eigenvalue weighted by molar-refractivity contribution is 6.30. The van der Waals surface area contributed by atoms with E-state index >= 15 is 0 Å². The van der Waals surface area contributed by atoms with Crippen LogP contribution < -0.4 is 10.2 Å². The fraction of sp³-hybridized carbons (Fsp3) is 0.231. The molecule has 0 aliphatic carbocycles. The summed E-state index contributed by atoms with van der Waals surface area (Å²) in [6.45, 7) is 2.00. The molecule has 2 aromatic rings. The molecule has 0 atom stereocenters. The van der Waals surface area contributed by atoms with Crippen molar-refractivity contribution in [3.8, 4) is 0 Å². The lowest BCUT2D eigenvalue weighted by molar-refractivity contribution is 1.04. The standard InChI is InChI=1S/C13H15ClN4/c1-9-6-10(14)4-5-11(9)17-12-7-13(18(2)3)16-8-15-12/h4-8H,1-3H3,(H,15,16,17). The van der Waals surface area contributed by atoms with Gasteiger partial charge in [0.1, 0.15) is 18.0 Å². The quantitative estimate of drug-likeness (QED) is 0.922. The number of rotatable bonds is 3. The summed E-state index contributed by atoms with van der Waals surface area (Å²) < 4.78 is 0. The Morgan fingerprint density at radius 2 is 1.94 bits per heavy atom. The van der Waals surface area contributed by atoms with Crippen LogP contribution in [0.5, 0.6) is 0 Å². The van der Waals surface area contributed by atoms with Crippen LogP contribution in [0.4, 0.5) is 17.3 Å². The molecule has 0 bridgehead atoms. The molecule has 0 saturated heterocycles. The second-order valence-corrected chi connectivity index (χ2v) is 4.68. The van der Waals surface area contributed by atoms with Crippen LogP contribution in [0.25, 0.3) is 0 Å². The van der Waals surface area contributed by atoms with Crippen LogP contribution in [0, 0.1) is 6.92 Å². The van der Waals surface area contributed by atoms with Gasteiger partial charge in [-0.15, -0.1) is 0 Å². The fourth-order valence-electron chi connectivity index (χ4n) is 1.57. The molecule has 0 fully saturated rings. The molecule has 0 radical (unpaired) electrons. The van der Waals surface area contributed by atoms with Crippen LogP contribution in [-0.4, -0.2) is 24.1 Å². The maximum Gasteiger partial charge on any atom is 0.135 e. The third-order valence-corrected chi connectivity index (χ3v) is 2.80. The molecule has 0 spiro atoms. The van der Waals surface area contributed by atoms with Crippen molar-refractivity contribution in [3.05, 3.63) is 41.2 Å². The highest BCUT2D eigenvalue weighted by Crippen LogP contribution is 2.23. The smallest absolute Gasteiger partial charge is 0.135 e. The van der Waals surface area contributed by atoms with Gasteiger partial charge in [-0.05, 0) is 30.7 Å². The van der Waals surface area contributed by atoms with Crippen LogP contribution in [-0.2, 0) is 0 Å². The largest absolute Gasteiger partial charge is 0.363 e. The van der Waals surface area contributed by atoms with Crippen molar-refractivity contribution in [1.82, 2.24) is 9.97 Å². The molecule has 4 nitrogen and oxygen atoms in total. The number of nitrogens with zero attached hydrogens (tertiary/aromatic N) is 3. The van der Waals surface area contributed by atoms with E-state index in [2.05, 4.69) is 15.3 Å². The first-order valence-corrected chi connectivity index (χ1v) is 5.96. The Morgan fingerprint density at radius 3 is 2.61 bits per heavy atom. The van der Waals surface area contributed by atoms with E-state index in [1.807, 2.05) is 50.2 Å². The lowest BCUT2D eigenvalue weighted by Crippen LogP contribution is -2.11. The Labute approximate surface area is 112 Å². The number of anilines is 3. The van der Waals surface area contributed by atoms with E-state index in [1.165, 1.54) is 0 Å². The molecule has 1 heterocycles. The number of nitrogens with one attached hydrogen (secondary N) is 1. The van der Waals surface area contributed by atoms with Gasteiger partial charge in [-0.1, -0.05) is 11.6 Å². The van der Waals surface area contributed by atoms with Crippen molar-refractivity contribution in [2.24, 2.45) is 0 Å². The van der Waals surface area contributed by atoms with Crippen molar-refractivity contribution in [2.75, 3.05) is 24.3 Å². The number of hydrogen-bond donors (Lipinski definition) is 1. The third-order valence-electron chi connectivity index (χ3n) is 2.56. The second-order valence-electron chi connectivity index (χ2n) is 4.24. The first kappa shape index (κ1) is 12.6. The summed E-state index contributed by atoms with van der Waals surface area (Å²) in [5.74, 6) is 1.62. The molecule has 0 amide bonds. The van der Waals surface area contributed by atoms with Gasteiger partial charge in [0.25, 0.3) is 0 Å². The van der Waals surface area contributed by atoms with E-state index in [1.54, 1.807) is 6.33 Å². The Morgan fingerprint density at radius 1 is 1.17 bits per heavy atom. The molecular weight excluding hydrogens is 248 g/mol. The van der Waals surface area contributed by atoms with Gasteiger partial charge >= 0.3 is 0 Å². The van der Waals surface area contributed by atoms with Gasteiger partial charge in [-0.3, -0.25) is 0 Å². The molecule has 2 rings (SSSR count). The topological polar surface area (TPSA) is 41.0 Å². The SMILES string of the molecule is Cc1cc(Cl)ccc1Nc1cc(N(C)C)ncn1. The molecule has 0 unspecified atom stereocenters. The minimum absolute atomic E-state index is 0.731. The van der Waals surface area contributed by atoms with Crippen molar-refractivity contribution in [1.29, 1.82) is 0 Å². The Hall–Kier alpha value is -1.81. The predicted molar refractivity (Wildman–Crippen MR) is 75.8 cm³/mol. The number of halogens is 1. The summed E-state index contributed by atoms with van der Waals surface area (Å²) >= 11 is 5.93. The molecule has 0 saturated carbocycles. The van der Waals surface area contributed by atoms with Crippen LogP contribution in [0.15, 0.2) is 30.6 Å². The third kappa shape index (κ3) is 2.90. The van der Waals surface area contributed by atoms with E-state index in [4.69, 9.17) is 11.6 Å². The van der Waals surface area contributed by atoms with Crippen LogP contribution in [0.1, 0.15) is 5.56 Å². The van der Waals surface area contributed by atoms with Crippen LogP contribution in [0.2, 0.25) is 5.02 Å². The normalized spacial score (nSPS) is 10.2. The Bertz CT molecular complexity index is 554. The van der Waals surface area contributed by atoms with Gasteiger partial charge in [-0.2, -0.15) is 0 Å². The lowest BCUT2D eigenvalue weighted by Gasteiger charge is -2.13. The average molecular weight is 263 g/mol. The lowest BCUT2D eigenvalue weighted by atomic mass is 10.2. The van der Waals surface area contributed by atoms with Gasteiger partial charge in [-0.25, -0.2) is 9.97 Å². The van der Waals surface area contributed by atoms with Crippen LogP contribution >= 0.6 is 11.6 Å². The van der Waals surface area contributed by atoms with E-state index in [-0.39, 0.29) is 0 Å². The van der Waals surface area contributed by atoms with Crippen molar-refractivity contribution in [3.63, 3.8) is 0 Å². The molecule has 0 aliphatic rings. The van der Waals surface area contributed by atoms with E-state index in [9.17, 15) is 0 Å². The summed E-state index contributed by atoms with van der Waals surface area (Å²) in [7, 11) is 3.89. The van der Waals surface area contributed by atoms with E-state index < -0.39 is 0 Å². The summed E-state index contributed by atoms with van der Waals surface area (Å²) in [6, 6.07) is 7.60. The van der Waals surface area contributed by atoms with Gasteiger partial charge < -0.3 is 10.2 Å². The van der Waals surface area contributed by atoms with E-state index in [0.29, 0.717) is 0 Å². The average Bonchev–Trinajstić information content (AvgIpc) is 2.33. The van der Waals surface area contributed by atoms with Gasteiger partial charge in [0.05, 0.1) is 0 Å². The zero-order valence-corrected chi connectivity index (χ0v) is 11.4. The van der Waals surface area contributed by atoms with E-state index in [0.717, 1.165) is 27.9 Å². The minimum atomic E-state index is 0.731. The molecule has 94 valence electrons. The first-order valence-electron chi connectivity index (χ1n) is 5.59. The van der Waals surface area contributed by atoms with Gasteiger partial charge in [0.2, 0.25) is 0 Å². The summed E-state index contributed by atoms with van der Waals surface area (Å²) in [6.07, 6.45) is 1.54. The highest BCUT2D eigenvalue weighted by atomic mass is 35.5. The molecule has 0 aliphatic heterocycles. The number of hydrogen-bond acceptors (Lipinski definition) is 4. The van der Waals surface area contributed by atoms with Gasteiger partial charge in [0, 0.05) is 30.9 Å². The number of aromatic nitrogens is 2. The number of aryl methyl sites for hydroxylation is 1. The summed E-state index contributed by atoms with van der Waals surface area (Å²) in [4.78, 5) is 10.3. The maximum absolute atomic E-state index is 5.93. The molecule has 18 heavy (non-hydrogen) atoms. The number of benzene rings is 1. The second kappa shape index (κ2) is 5.23. The Balaban J connectivity index is 2.25. The molecular formula is C13H15ClN4. The highest BCUT2D eigenvalue weighted by Gasteiger charge is 2.03. The Kier molecular flexibility index (Phi) is 3.67. The van der Waals surface area contributed by atoms with Crippen LogP contribution in [0.3, 0.4) is 0 Å². The van der Waals surface area contributed by atoms with Gasteiger partial charge in [0.15, 0.2) is 0 Å². The summed E-state index contributed by atoms with van der Waals surface area (Å²) in [5.41, 5.74) is 2.07. The zero-order valence-electron chi connectivity index (χ0n) is 10.6. The maximum atomic E-state index is 5.93. The van der Waals surface area contributed by atoms with Crippen molar-refractivity contribution in [2.45, 2.75) is 6.92 Å². The molecule has 5 heteroatoms. The first-order chi connectivity index (χ1) is 8.56. The fourth-order valence-corrected chi connectivity index (χ4v) is 1.79. The zero-order chi connectivity index (χ0) is 13.1. The summed E-state index contributed by atoms with van der Waals surface area (Å²) in [5, 5.41) is 3.99.